The van der Waals surface area contributed by atoms with E-state index in [9.17, 15) is 18.8 Å². The summed E-state index contributed by atoms with van der Waals surface area (Å²) < 4.78 is 13.3. The SMILES string of the molecule is CC(Sc1ccc(NC(=O)/C(=C/c2ccc(-c3ccccc3)cc2)NC(=O)c2ccccc2)cc1)C(=O)Nc1nc(-c2ccc(F)cc2)cs1. The Morgan fingerprint density at radius 2 is 1.36 bits per heavy atom. The van der Waals surface area contributed by atoms with Crippen LogP contribution in [0.4, 0.5) is 15.2 Å². The Balaban J connectivity index is 1.10. The summed E-state index contributed by atoms with van der Waals surface area (Å²) in [5.41, 5.74) is 5.29. The fourth-order valence-electron chi connectivity index (χ4n) is 4.88. The lowest BCUT2D eigenvalue weighted by Gasteiger charge is -2.13. The molecule has 3 N–H and O–H groups in total. The molecule has 6 aromatic rings. The highest BCUT2D eigenvalue weighted by atomic mass is 32.2. The molecule has 0 saturated carbocycles. The van der Waals surface area contributed by atoms with Crippen molar-refractivity contribution in [1.82, 2.24) is 10.3 Å². The molecular formula is C40H31FN4O3S2. The zero-order valence-corrected chi connectivity index (χ0v) is 28.4. The summed E-state index contributed by atoms with van der Waals surface area (Å²) >= 11 is 2.65. The predicted molar refractivity (Wildman–Crippen MR) is 200 cm³/mol. The molecule has 0 saturated heterocycles. The summed E-state index contributed by atoms with van der Waals surface area (Å²) in [6.45, 7) is 1.79. The van der Waals surface area contributed by atoms with Crippen molar-refractivity contribution in [1.29, 1.82) is 0 Å². The number of hydrogen-bond donors (Lipinski definition) is 3. The molecule has 248 valence electrons. The lowest BCUT2D eigenvalue weighted by Crippen LogP contribution is -2.30. The van der Waals surface area contributed by atoms with E-state index >= 15 is 0 Å². The number of aromatic nitrogens is 1. The highest BCUT2D eigenvalue weighted by molar-refractivity contribution is 8.00. The summed E-state index contributed by atoms with van der Waals surface area (Å²) in [5, 5.41) is 10.3. The summed E-state index contributed by atoms with van der Waals surface area (Å²) in [5.74, 6) is -1.43. The Hall–Kier alpha value is -5.84. The Morgan fingerprint density at radius 3 is 2.04 bits per heavy atom. The van der Waals surface area contributed by atoms with Gasteiger partial charge in [-0.05, 0) is 90.4 Å². The number of hydrogen-bond acceptors (Lipinski definition) is 6. The van der Waals surface area contributed by atoms with E-state index in [0.717, 1.165) is 27.1 Å². The number of rotatable bonds is 11. The van der Waals surface area contributed by atoms with Crippen molar-refractivity contribution >= 4 is 57.7 Å². The minimum Gasteiger partial charge on any atom is -0.321 e. The summed E-state index contributed by atoms with van der Waals surface area (Å²) in [4.78, 5) is 44.8. The number of anilines is 2. The average molecular weight is 699 g/mol. The first-order chi connectivity index (χ1) is 24.3. The van der Waals surface area contributed by atoms with Crippen molar-refractivity contribution in [3.05, 3.63) is 161 Å². The van der Waals surface area contributed by atoms with Gasteiger partial charge in [0, 0.05) is 27.1 Å². The van der Waals surface area contributed by atoms with Crippen LogP contribution in [0.1, 0.15) is 22.8 Å². The lowest BCUT2D eigenvalue weighted by molar-refractivity contribution is -0.115. The van der Waals surface area contributed by atoms with Crippen LogP contribution >= 0.6 is 23.1 Å². The molecule has 3 amide bonds. The van der Waals surface area contributed by atoms with Crippen LogP contribution in [0.5, 0.6) is 0 Å². The first-order valence-corrected chi connectivity index (χ1v) is 17.4. The van der Waals surface area contributed by atoms with Gasteiger partial charge in [-0.15, -0.1) is 23.1 Å². The highest BCUT2D eigenvalue weighted by Crippen LogP contribution is 2.29. The molecule has 5 aromatic carbocycles. The molecule has 1 atom stereocenters. The van der Waals surface area contributed by atoms with E-state index in [1.807, 2.05) is 78.2 Å². The number of halogens is 1. The Kier molecular flexibility index (Phi) is 10.9. The average Bonchev–Trinajstić information content (AvgIpc) is 3.61. The van der Waals surface area contributed by atoms with Crippen LogP contribution in [0.25, 0.3) is 28.5 Å². The van der Waals surface area contributed by atoms with Gasteiger partial charge in [0.2, 0.25) is 5.91 Å². The largest absolute Gasteiger partial charge is 0.321 e. The molecule has 0 aliphatic heterocycles. The second-order valence-corrected chi connectivity index (χ2v) is 13.4. The predicted octanol–water partition coefficient (Wildman–Crippen LogP) is 9.15. The van der Waals surface area contributed by atoms with Crippen LogP contribution in [0, 0.1) is 5.82 Å². The van der Waals surface area contributed by atoms with Crippen LogP contribution in [0.3, 0.4) is 0 Å². The molecule has 7 nitrogen and oxygen atoms in total. The van der Waals surface area contributed by atoms with Crippen molar-refractivity contribution < 1.29 is 18.8 Å². The fraction of sp³-hybridized carbons (Fsp3) is 0.0500. The molecule has 0 radical (unpaired) electrons. The number of nitrogens with one attached hydrogen (secondary N) is 3. The van der Waals surface area contributed by atoms with E-state index in [2.05, 4.69) is 20.9 Å². The van der Waals surface area contributed by atoms with Crippen molar-refractivity contribution in [2.75, 3.05) is 10.6 Å². The fourth-order valence-corrected chi connectivity index (χ4v) is 6.47. The maximum atomic E-state index is 13.5. The number of benzene rings is 5. The van der Waals surface area contributed by atoms with E-state index in [1.54, 1.807) is 61.5 Å². The third-order valence-electron chi connectivity index (χ3n) is 7.53. The Labute approximate surface area is 297 Å². The van der Waals surface area contributed by atoms with Gasteiger partial charge in [-0.3, -0.25) is 14.4 Å². The van der Waals surface area contributed by atoms with Crippen LogP contribution < -0.4 is 16.0 Å². The topological polar surface area (TPSA) is 100 Å². The summed E-state index contributed by atoms with van der Waals surface area (Å²) in [6.07, 6.45) is 1.64. The molecule has 0 aliphatic rings. The quantitative estimate of drug-likeness (QED) is 0.0926. The van der Waals surface area contributed by atoms with Gasteiger partial charge in [0.1, 0.15) is 11.5 Å². The van der Waals surface area contributed by atoms with Crippen LogP contribution in [-0.2, 0) is 9.59 Å². The molecule has 1 aromatic heterocycles. The molecule has 0 bridgehead atoms. The van der Waals surface area contributed by atoms with Crippen molar-refractivity contribution in [3.63, 3.8) is 0 Å². The zero-order chi connectivity index (χ0) is 34.9. The number of thioether (sulfide) groups is 1. The van der Waals surface area contributed by atoms with E-state index in [4.69, 9.17) is 0 Å². The normalized spacial score (nSPS) is 11.8. The number of amides is 3. The number of carbonyl (C=O) groups excluding carboxylic acids is 3. The molecule has 1 unspecified atom stereocenters. The minimum atomic E-state index is -0.488. The zero-order valence-electron chi connectivity index (χ0n) is 26.8. The monoisotopic (exact) mass is 698 g/mol. The van der Waals surface area contributed by atoms with Crippen molar-refractivity contribution in [2.45, 2.75) is 17.1 Å². The highest BCUT2D eigenvalue weighted by Gasteiger charge is 2.18. The van der Waals surface area contributed by atoms with Crippen LogP contribution in [0.15, 0.2) is 149 Å². The number of nitrogens with zero attached hydrogens (tertiary/aromatic N) is 1. The van der Waals surface area contributed by atoms with Gasteiger partial charge < -0.3 is 16.0 Å². The third-order valence-corrected chi connectivity index (χ3v) is 9.40. The lowest BCUT2D eigenvalue weighted by atomic mass is 10.0. The maximum Gasteiger partial charge on any atom is 0.272 e. The first kappa shape index (κ1) is 34.0. The van der Waals surface area contributed by atoms with E-state index in [0.29, 0.717) is 22.1 Å². The van der Waals surface area contributed by atoms with Crippen LogP contribution in [0.2, 0.25) is 0 Å². The molecule has 10 heteroatoms. The number of thiazole rings is 1. The maximum absolute atomic E-state index is 13.5. The van der Waals surface area contributed by atoms with Gasteiger partial charge >= 0.3 is 0 Å². The third kappa shape index (κ3) is 8.98. The molecule has 0 fully saturated rings. The molecular weight excluding hydrogens is 668 g/mol. The Bertz CT molecular complexity index is 2120. The van der Waals surface area contributed by atoms with Crippen molar-refractivity contribution in [3.8, 4) is 22.4 Å². The molecule has 0 aliphatic carbocycles. The number of carbonyl (C=O) groups is 3. The standard InChI is InChI=1S/C40H31FN4O3S2/c1-26(37(46)45-40-44-36(25-49-40)30-16-18-32(41)19-17-30)50-34-22-20-33(21-23-34)42-39(48)35(43-38(47)31-10-6-3-7-11-31)24-27-12-14-29(15-13-27)28-8-4-2-5-9-28/h2-26H,1H3,(H,42,48)(H,43,47)(H,44,45,46)/b35-24-. The summed E-state index contributed by atoms with van der Waals surface area (Å²) in [7, 11) is 0. The molecule has 0 spiro atoms. The van der Waals surface area contributed by atoms with Gasteiger partial charge in [-0.25, -0.2) is 9.37 Å². The van der Waals surface area contributed by atoms with E-state index in [-0.39, 0.29) is 17.4 Å². The Morgan fingerprint density at radius 1 is 0.740 bits per heavy atom. The van der Waals surface area contributed by atoms with Gasteiger partial charge in [0.05, 0.1) is 10.9 Å². The van der Waals surface area contributed by atoms with Gasteiger partial charge in [-0.1, -0.05) is 72.8 Å². The molecule has 1 heterocycles. The second-order valence-electron chi connectivity index (χ2n) is 11.1. The first-order valence-electron chi connectivity index (χ1n) is 15.6. The van der Waals surface area contributed by atoms with Gasteiger partial charge in [0.15, 0.2) is 5.13 Å². The minimum absolute atomic E-state index is 0.0832. The van der Waals surface area contributed by atoms with E-state index < -0.39 is 17.1 Å². The second kappa shape index (κ2) is 16.0. The van der Waals surface area contributed by atoms with Gasteiger partial charge in [0.25, 0.3) is 11.8 Å². The smallest absolute Gasteiger partial charge is 0.272 e. The van der Waals surface area contributed by atoms with Crippen LogP contribution in [-0.4, -0.2) is 28.0 Å². The summed E-state index contributed by atoms with van der Waals surface area (Å²) in [6, 6.07) is 39.5. The van der Waals surface area contributed by atoms with E-state index in [1.165, 1.54) is 35.2 Å². The molecule has 6 rings (SSSR count). The molecule has 50 heavy (non-hydrogen) atoms. The van der Waals surface area contributed by atoms with Gasteiger partial charge in [-0.2, -0.15) is 0 Å². The van der Waals surface area contributed by atoms with Crippen molar-refractivity contribution in [2.24, 2.45) is 0 Å².